The standard InChI is InChI=1S/C15H21F2NO2/c1-4-12-8-9-13(18-11(12)3)7-6-10-15(16,17)14(19)20-5-2/h8-9H,4-7,10H2,1-3H3. The molecule has 1 aromatic rings. The normalized spacial score (nSPS) is 11.4. The maximum atomic E-state index is 13.4. The van der Waals surface area contributed by atoms with Gasteiger partial charge < -0.3 is 4.74 Å². The predicted octanol–water partition coefficient (Wildman–Crippen LogP) is 3.47. The van der Waals surface area contributed by atoms with Gasteiger partial charge in [0.2, 0.25) is 0 Å². The van der Waals surface area contributed by atoms with Crippen molar-refractivity contribution in [2.45, 2.75) is 52.4 Å². The van der Waals surface area contributed by atoms with Crippen molar-refractivity contribution in [3.8, 4) is 0 Å². The zero-order valence-corrected chi connectivity index (χ0v) is 12.2. The van der Waals surface area contributed by atoms with Gasteiger partial charge in [-0.1, -0.05) is 13.0 Å². The fourth-order valence-corrected chi connectivity index (χ4v) is 1.99. The lowest BCUT2D eigenvalue weighted by molar-refractivity contribution is -0.172. The Morgan fingerprint density at radius 2 is 2.05 bits per heavy atom. The molecular formula is C15H21F2NO2. The van der Waals surface area contributed by atoms with E-state index < -0.39 is 18.3 Å². The summed E-state index contributed by atoms with van der Waals surface area (Å²) in [6, 6.07) is 3.83. The first-order chi connectivity index (χ1) is 9.40. The van der Waals surface area contributed by atoms with Crippen LogP contribution in [-0.4, -0.2) is 23.5 Å². The van der Waals surface area contributed by atoms with Crippen LogP contribution >= 0.6 is 0 Å². The molecule has 0 bridgehead atoms. The number of rotatable bonds is 7. The Bertz CT molecular complexity index is 461. The van der Waals surface area contributed by atoms with E-state index in [1.165, 1.54) is 6.92 Å². The van der Waals surface area contributed by atoms with Crippen molar-refractivity contribution in [1.82, 2.24) is 4.98 Å². The van der Waals surface area contributed by atoms with E-state index in [1.54, 1.807) is 0 Å². The summed E-state index contributed by atoms with van der Waals surface area (Å²) >= 11 is 0. The van der Waals surface area contributed by atoms with Crippen molar-refractivity contribution < 1.29 is 18.3 Å². The summed E-state index contributed by atoms with van der Waals surface area (Å²) in [5.74, 6) is -4.85. The molecule has 0 aliphatic heterocycles. The van der Waals surface area contributed by atoms with Crippen molar-refractivity contribution in [2.24, 2.45) is 0 Å². The summed E-state index contributed by atoms with van der Waals surface area (Å²) in [7, 11) is 0. The van der Waals surface area contributed by atoms with Crippen molar-refractivity contribution >= 4 is 5.97 Å². The number of hydrogen-bond acceptors (Lipinski definition) is 3. The van der Waals surface area contributed by atoms with Gasteiger partial charge in [0.1, 0.15) is 0 Å². The third-order valence-corrected chi connectivity index (χ3v) is 3.13. The molecule has 0 aliphatic rings. The highest BCUT2D eigenvalue weighted by atomic mass is 19.3. The van der Waals surface area contributed by atoms with E-state index in [2.05, 4.69) is 9.72 Å². The van der Waals surface area contributed by atoms with Gasteiger partial charge in [-0.15, -0.1) is 0 Å². The maximum absolute atomic E-state index is 13.4. The van der Waals surface area contributed by atoms with Gasteiger partial charge in [-0.25, -0.2) is 4.79 Å². The summed E-state index contributed by atoms with van der Waals surface area (Å²) < 4.78 is 31.2. The van der Waals surface area contributed by atoms with Gasteiger partial charge in [0, 0.05) is 17.8 Å². The van der Waals surface area contributed by atoms with Gasteiger partial charge in [-0.2, -0.15) is 8.78 Å². The minimum absolute atomic E-state index is 0.0341. The molecule has 1 rings (SSSR count). The molecule has 0 atom stereocenters. The number of ether oxygens (including phenoxy) is 1. The monoisotopic (exact) mass is 285 g/mol. The Balaban J connectivity index is 2.52. The number of aromatic nitrogens is 1. The molecule has 3 nitrogen and oxygen atoms in total. The minimum Gasteiger partial charge on any atom is -0.462 e. The molecule has 5 heteroatoms. The van der Waals surface area contributed by atoms with E-state index in [4.69, 9.17) is 0 Å². The van der Waals surface area contributed by atoms with E-state index in [9.17, 15) is 13.6 Å². The molecule has 0 saturated carbocycles. The molecule has 1 heterocycles. The number of nitrogens with zero attached hydrogens (tertiary/aromatic N) is 1. The number of carbonyl (C=O) groups is 1. The van der Waals surface area contributed by atoms with E-state index in [-0.39, 0.29) is 13.0 Å². The smallest absolute Gasteiger partial charge is 0.376 e. The van der Waals surface area contributed by atoms with Crippen molar-refractivity contribution in [2.75, 3.05) is 6.61 Å². The Morgan fingerprint density at radius 3 is 2.60 bits per heavy atom. The van der Waals surface area contributed by atoms with Gasteiger partial charge in [0.15, 0.2) is 0 Å². The fraction of sp³-hybridized carbons (Fsp3) is 0.600. The molecule has 1 aromatic heterocycles. The molecule has 0 radical (unpaired) electrons. The van der Waals surface area contributed by atoms with Crippen molar-refractivity contribution in [3.05, 3.63) is 29.1 Å². The van der Waals surface area contributed by atoms with Gasteiger partial charge in [0.05, 0.1) is 6.61 Å². The van der Waals surface area contributed by atoms with E-state index in [0.29, 0.717) is 6.42 Å². The molecule has 0 fully saturated rings. The van der Waals surface area contributed by atoms with Gasteiger partial charge in [-0.3, -0.25) is 4.98 Å². The number of pyridine rings is 1. The SMILES string of the molecule is CCOC(=O)C(F)(F)CCCc1ccc(CC)c(C)n1. The second-order valence-corrected chi connectivity index (χ2v) is 4.68. The average Bonchev–Trinajstić information content (AvgIpc) is 2.39. The van der Waals surface area contributed by atoms with E-state index in [0.717, 1.165) is 23.4 Å². The van der Waals surface area contributed by atoms with Crippen LogP contribution in [0, 0.1) is 6.92 Å². The van der Waals surface area contributed by atoms with Crippen LogP contribution in [0.15, 0.2) is 12.1 Å². The predicted molar refractivity (Wildman–Crippen MR) is 72.9 cm³/mol. The van der Waals surface area contributed by atoms with E-state index in [1.807, 2.05) is 26.0 Å². The Morgan fingerprint density at radius 1 is 1.35 bits per heavy atom. The zero-order valence-electron chi connectivity index (χ0n) is 12.2. The molecule has 0 unspecified atom stereocenters. The number of hydrogen-bond donors (Lipinski definition) is 0. The number of aryl methyl sites for hydroxylation is 3. The summed E-state index contributed by atoms with van der Waals surface area (Å²) in [5, 5.41) is 0. The van der Waals surface area contributed by atoms with Gasteiger partial charge in [-0.05, 0) is 44.7 Å². The van der Waals surface area contributed by atoms with Crippen LogP contribution in [0.5, 0.6) is 0 Å². The third kappa shape index (κ3) is 4.54. The fourth-order valence-electron chi connectivity index (χ4n) is 1.99. The third-order valence-electron chi connectivity index (χ3n) is 3.13. The largest absolute Gasteiger partial charge is 0.462 e. The number of alkyl halides is 2. The molecular weight excluding hydrogens is 264 g/mol. The topological polar surface area (TPSA) is 39.2 Å². The first-order valence-corrected chi connectivity index (χ1v) is 6.91. The molecule has 0 N–H and O–H groups in total. The quantitative estimate of drug-likeness (QED) is 0.720. The Kier molecular flexibility index (Phi) is 6.05. The molecule has 112 valence electrons. The van der Waals surface area contributed by atoms with Crippen LogP contribution in [0.25, 0.3) is 0 Å². The van der Waals surface area contributed by atoms with Crippen LogP contribution in [0.3, 0.4) is 0 Å². The minimum atomic E-state index is -3.41. The number of carbonyl (C=O) groups excluding carboxylic acids is 1. The summed E-state index contributed by atoms with van der Waals surface area (Å²) in [6.07, 6.45) is 1.02. The molecule has 0 amide bonds. The maximum Gasteiger partial charge on any atom is 0.376 e. The molecule has 0 saturated heterocycles. The Labute approximate surface area is 118 Å². The molecule has 0 spiro atoms. The highest BCUT2D eigenvalue weighted by molar-refractivity contribution is 5.77. The summed E-state index contributed by atoms with van der Waals surface area (Å²) in [4.78, 5) is 15.4. The highest BCUT2D eigenvalue weighted by Gasteiger charge is 2.39. The van der Waals surface area contributed by atoms with Gasteiger partial charge in [0.25, 0.3) is 0 Å². The van der Waals surface area contributed by atoms with Gasteiger partial charge >= 0.3 is 11.9 Å². The first kappa shape index (κ1) is 16.5. The van der Waals surface area contributed by atoms with Crippen molar-refractivity contribution in [3.63, 3.8) is 0 Å². The first-order valence-electron chi connectivity index (χ1n) is 6.91. The number of halogens is 2. The second-order valence-electron chi connectivity index (χ2n) is 4.68. The number of esters is 1. The molecule has 0 aromatic carbocycles. The van der Waals surface area contributed by atoms with Crippen LogP contribution in [0.1, 0.15) is 43.6 Å². The van der Waals surface area contributed by atoms with Crippen LogP contribution in [0.4, 0.5) is 8.78 Å². The lowest BCUT2D eigenvalue weighted by Crippen LogP contribution is -2.30. The molecule has 20 heavy (non-hydrogen) atoms. The summed E-state index contributed by atoms with van der Waals surface area (Å²) in [6.45, 7) is 5.43. The average molecular weight is 285 g/mol. The van der Waals surface area contributed by atoms with Crippen LogP contribution in [0.2, 0.25) is 0 Å². The second kappa shape index (κ2) is 7.31. The summed E-state index contributed by atoms with van der Waals surface area (Å²) in [5.41, 5.74) is 2.87. The highest BCUT2D eigenvalue weighted by Crippen LogP contribution is 2.23. The Hall–Kier alpha value is -1.52. The lowest BCUT2D eigenvalue weighted by Gasteiger charge is -2.14. The van der Waals surface area contributed by atoms with Crippen LogP contribution < -0.4 is 0 Å². The van der Waals surface area contributed by atoms with E-state index >= 15 is 0 Å². The van der Waals surface area contributed by atoms with Crippen molar-refractivity contribution in [1.29, 1.82) is 0 Å². The zero-order chi connectivity index (χ0) is 15.2. The van der Waals surface area contributed by atoms with Crippen LogP contribution in [-0.2, 0) is 22.4 Å². The lowest BCUT2D eigenvalue weighted by atomic mass is 10.1. The molecule has 0 aliphatic carbocycles.